The largest absolute Gasteiger partial charge is 0.494 e. The highest BCUT2D eigenvalue weighted by Crippen LogP contribution is 2.20. The van der Waals surface area contributed by atoms with Crippen LogP contribution in [0.15, 0.2) is 18.2 Å². The second-order valence-corrected chi connectivity index (χ2v) is 5.32. The molecule has 0 unspecified atom stereocenters. The molecule has 0 spiro atoms. The van der Waals surface area contributed by atoms with E-state index in [0.717, 1.165) is 19.5 Å². The molecule has 21 heavy (non-hydrogen) atoms. The Bertz CT molecular complexity index is 461. The van der Waals surface area contributed by atoms with Crippen molar-refractivity contribution in [2.45, 2.75) is 20.3 Å². The summed E-state index contributed by atoms with van der Waals surface area (Å²) in [5, 5.41) is 0. The second-order valence-electron chi connectivity index (χ2n) is 5.32. The van der Waals surface area contributed by atoms with Crippen molar-refractivity contribution in [3.05, 3.63) is 23.8 Å². The number of carbonyl (C=O) groups is 1. The first-order chi connectivity index (χ1) is 9.97. The molecule has 5 heteroatoms. The lowest BCUT2D eigenvalue weighted by Crippen LogP contribution is -2.37. The van der Waals surface area contributed by atoms with Gasteiger partial charge in [0.2, 0.25) is 0 Å². The molecule has 1 aromatic carbocycles. The molecular weight excluding hydrogens is 266 g/mol. The third kappa shape index (κ3) is 5.63. The summed E-state index contributed by atoms with van der Waals surface area (Å²) in [5.41, 5.74) is 7.00. The highest BCUT2D eigenvalue weighted by atomic mass is 16.5. The zero-order valence-electron chi connectivity index (χ0n) is 13.6. The smallest absolute Gasteiger partial charge is 0.254 e. The van der Waals surface area contributed by atoms with E-state index in [2.05, 4.69) is 11.8 Å². The first kappa shape index (κ1) is 17.3. The summed E-state index contributed by atoms with van der Waals surface area (Å²) >= 11 is 0. The number of ether oxygens (including phenoxy) is 1. The maximum Gasteiger partial charge on any atom is 0.254 e. The zero-order valence-corrected chi connectivity index (χ0v) is 13.6. The van der Waals surface area contributed by atoms with Gasteiger partial charge in [-0.2, -0.15) is 0 Å². The van der Waals surface area contributed by atoms with E-state index >= 15 is 0 Å². The van der Waals surface area contributed by atoms with Crippen molar-refractivity contribution in [2.24, 2.45) is 0 Å². The maximum atomic E-state index is 12.7. The molecule has 0 aliphatic heterocycles. The number of benzene rings is 1. The fourth-order valence-electron chi connectivity index (χ4n) is 2.08. The minimum atomic E-state index is 0.00644. The van der Waals surface area contributed by atoms with Crippen molar-refractivity contribution in [1.29, 1.82) is 0 Å². The summed E-state index contributed by atoms with van der Waals surface area (Å²) in [5.74, 6) is 0.650. The maximum absolute atomic E-state index is 12.7. The molecule has 0 radical (unpaired) electrons. The van der Waals surface area contributed by atoms with E-state index in [1.54, 1.807) is 18.2 Å². The van der Waals surface area contributed by atoms with Gasteiger partial charge in [-0.3, -0.25) is 4.79 Å². The molecule has 0 fully saturated rings. The van der Waals surface area contributed by atoms with Crippen molar-refractivity contribution in [3.63, 3.8) is 0 Å². The van der Waals surface area contributed by atoms with Gasteiger partial charge < -0.3 is 20.3 Å². The monoisotopic (exact) mass is 293 g/mol. The molecule has 1 rings (SSSR count). The zero-order chi connectivity index (χ0) is 15.8. The number of rotatable bonds is 8. The van der Waals surface area contributed by atoms with Gasteiger partial charge in [0.15, 0.2) is 0 Å². The Balaban J connectivity index is 2.91. The van der Waals surface area contributed by atoms with Gasteiger partial charge in [-0.25, -0.2) is 0 Å². The van der Waals surface area contributed by atoms with Crippen LogP contribution in [0.5, 0.6) is 5.75 Å². The van der Waals surface area contributed by atoms with Crippen molar-refractivity contribution >= 4 is 11.6 Å². The minimum absolute atomic E-state index is 0.00644. The van der Waals surface area contributed by atoms with E-state index in [0.29, 0.717) is 30.2 Å². The lowest BCUT2D eigenvalue weighted by molar-refractivity contribution is 0.0744. The third-order valence-corrected chi connectivity index (χ3v) is 3.08. The summed E-state index contributed by atoms with van der Waals surface area (Å²) in [7, 11) is 4.00. The molecule has 118 valence electrons. The van der Waals surface area contributed by atoms with E-state index in [1.165, 1.54) is 0 Å². The number of nitrogen functional groups attached to an aromatic ring is 1. The number of hydrogen-bond donors (Lipinski definition) is 1. The van der Waals surface area contributed by atoms with Crippen LogP contribution in [-0.2, 0) is 0 Å². The molecule has 2 N–H and O–H groups in total. The minimum Gasteiger partial charge on any atom is -0.494 e. The quantitative estimate of drug-likeness (QED) is 0.746. The average Bonchev–Trinajstić information content (AvgIpc) is 2.42. The molecule has 0 bridgehead atoms. The molecule has 0 saturated carbocycles. The predicted molar refractivity (Wildman–Crippen MR) is 86.8 cm³/mol. The van der Waals surface area contributed by atoms with Gasteiger partial charge >= 0.3 is 0 Å². The number of nitrogens with two attached hydrogens (primary N) is 1. The fourth-order valence-corrected chi connectivity index (χ4v) is 2.08. The average molecular weight is 293 g/mol. The number of hydrogen-bond acceptors (Lipinski definition) is 4. The highest BCUT2D eigenvalue weighted by Gasteiger charge is 2.16. The van der Waals surface area contributed by atoms with E-state index in [9.17, 15) is 4.79 Å². The fraction of sp³-hybridized carbons (Fsp3) is 0.562. The Hall–Kier alpha value is -1.75. The van der Waals surface area contributed by atoms with Gasteiger partial charge in [0.1, 0.15) is 5.75 Å². The Morgan fingerprint density at radius 1 is 1.14 bits per heavy atom. The second kappa shape index (κ2) is 8.52. The number of carbonyl (C=O) groups excluding carboxylic acids is 1. The Kier molecular flexibility index (Phi) is 7.02. The summed E-state index contributed by atoms with van der Waals surface area (Å²) < 4.78 is 5.46. The van der Waals surface area contributed by atoms with Crippen LogP contribution in [0, 0.1) is 0 Å². The first-order valence-corrected chi connectivity index (χ1v) is 7.45. The molecule has 1 amide bonds. The van der Waals surface area contributed by atoms with Crippen LogP contribution in [0.2, 0.25) is 0 Å². The lowest BCUT2D eigenvalue weighted by atomic mass is 10.1. The van der Waals surface area contributed by atoms with Gasteiger partial charge in [-0.05, 0) is 39.6 Å². The summed E-state index contributed by atoms with van der Waals surface area (Å²) in [4.78, 5) is 16.6. The standard InChI is InChI=1S/C16H27N3O2/c1-5-7-19(9-8-18(3)4)16(20)13-10-14(17)12-15(11-13)21-6-2/h10-12H,5-9,17H2,1-4H3. The number of amides is 1. The lowest BCUT2D eigenvalue weighted by Gasteiger charge is -2.24. The van der Waals surface area contributed by atoms with Gasteiger partial charge in [0.25, 0.3) is 5.91 Å². The van der Waals surface area contributed by atoms with Crippen LogP contribution in [0.25, 0.3) is 0 Å². The van der Waals surface area contributed by atoms with Crippen LogP contribution in [0.3, 0.4) is 0 Å². The van der Waals surface area contributed by atoms with Gasteiger partial charge in [0.05, 0.1) is 6.61 Å². The summed E-state index contributed by atoms with van der Waals surface area (Å²) in [6, 6.07) is 5.22. The normalized spacial score (nSPS) is 10.7. The van der Waals surface area contributed by atoms with E-state index in [-0.39, 0.29) is 5.91 Å². The SMILES string of the molecule is CCCN(CCN(C)C)C(=O)c1cc(N)cc(OCC)c1. The highest BCUT2D eigenvalue weighted by molar-refractivity contribution is 5.95. The molecule has 0 saturated heterocycles. The van der Waals surface area contributed by atoms with Crippen LogP contribution in [-0.4, -0.2) is 56.0 Å². The van der Waals surface area contributed by atoms with Gasteiger partial charge in [0, 0.05) is 37.0 Å². The van der Waals surface area contributed by atoms with Gasteiger partial charge in [-0.15, -0.1) is 0 Å². The molecular formula is C16H27N3O2. The van der Waals surface area contributed by atoms with Crippen LogP contribution in [0.4, 0.5) is 5.69 Å². The number of anilines is 1. The molecule has 0 aliphatic rings. The van der Waals surface area contributed by atoms with Crippen molar-refractivity contribution in [1.82, 2.24) is 9.80 Å². The van der Waals surface area contributed by atoms with Crippen molar-refractivity contribution in [2.75, 3.05) is 46.1 Å². The molecule has 0 aliphatic carbocycles. The first-order valence-electron chi connectivity index (χ1n) is 7.45. The molecule has 0 heterocycles. The molecule has 1 aromatic rings. The molecule has 0 aromatic heterocycles. The van der Waals surface area contributed by atoms with Crippen LogP contribution < -0.4 is 10.5 Å². The predicted octanol–water partition coefficient (Wildman–Crippen LogP) is 2.08. The Morgan fingerprint density at radius 2 is 1.86 bits per heavy atom. The molecule has 5 nitrogen and oxygen atoms in total. The number of likely N-dealkylation sites (N-methyl/N-ethyl adjacent to an activating group) is 1. The van der Waals surface area contributed by atoms with E-state index in [1.807, 2.05) is 25.9 Å². The van der Waals surface area contributed by atoms with E-state index < -0.39 is 0 Å². The van der Waals surface area contributed by atoms with Crippen molar-refractivity contribution in [3.8, 4) is 5.75 Å². The van der Waals surface area contributed by atoms with E-state index in [4.69, 9.17) is 10.5 Å². The van der Waals surface area contributed by atoms with Crippen LogP contribution in [0.1, 0.15) is 30.6 Å². The van der Waals surface area contributed by atoms with Crippen LogP contribution >= 0.6 is 0 Å². The Morgan fingerprint density at radius 3 is 2.43 bits per heavy atom. The summed E-state index contributed by atoms with van der Waals surface area (Å²) in [6.45, 7) is 6.82. The number of nitrogens with zero attached hydrogens (tertiary/aromatic N) is 2. The Labute approximate surface area is 127 Å². The van der Waals surface area contributed by atoms with Gasteiger partial charge in [-0.1, -0.05) is 6.92 Å². The molecule has 0 atom stereocenters. The third-order valence-electron chi connectivity index (χ3n) is 3.08. The summed E-state index contributed by atoms with van der Waals surface area (Å²) in [6.07, 6.45) is 0.930. The topological polar surface area (TPSA) is 58.8 Å². The van der Waals surface area contributed by atoms with Crippen molar-refractivity contribution < 1.29 is 9.53 Å².